The number of carbonyl (C=O) groups is 2. The maximum atomic E-state index is 12.5. The van der Waals surface area contributed by atoms with E-state index in [1.165, 1.54) is 0 Å². The van der Waals surface area contributed by atoms with Gasteiger partial charge in [-0.05, 0) is 17.7 Å². The van der Waals surface area contributed by atoms with Gasteiger partial charge in [-0.15, -0.1) is 0 Å². The second-order valence-electron chi connectivity index (χ2n) is 5.71. The zero-order valence-corrected chi connectivity index (χ0v) is 12.5. The molecule has 5 nitrogen and oxygen atoms in total. The SMILES string of the molecule is CN1C(=O)CC(C(=O)N2CC(O)C2)C1c1cccc(Cl)c1. The summed E-state index contributed by atoms with van der Waals surface area (Å²) < 4.78 is 0. The molecule has 112 valence electrons. The molecule has 2 amide bonds. The van der Waals surface area contributed by atoms with E-state index in [1.54, 1.807) is 29.0 Å². The lowest BCUT2D eigenvalue weighted by Crippen LogP contribution is -2.55. The molecule has 1 N–H and O–H groups in total. The molecule has 2 aliphatic rings. The first-order valence-corrected chi connectivity index (χ1v) is 7.33. The fourth-order valence-electron chi connectivity index (χ4n) is 3.11. The number of carbonyl (C=O) groups excluding carboxylic acids is 2. The smallest absolute Gasteiger partial charge is 0.228 e. The number of halogens is 1. The van der Waals surface area contributed by atoms with Crippen molar-refractivity contribution in [3.8, 4) is 0 Å². The summed E-state index contributed by atoms with van der Waals surface area (Å²) in [5.41, 5.74) is 0.871. The zero-order chi connectivity index (χ0) is 15.1. The molecule has 21 heavy (non-hydrogen) atoms. The molecule has 1 aromatic carbocycles. The van der Waals surface area contributed by atoms with Crippen LogP contribution in [-0.4, -0.2) is 53.0 Å². The van der Waals surface area contributed by atoms with Gasteiger partial charge in [0.15, 0.2) is 0 Å². The van der Waals surface area contributed by atoms with Gasteiger partial charge >= 0.3 is 0 Å². The van der Waals surface area contributed by atoms with Gasteiger partial charge in [0.25, 0.3) is 0 Å². The molecule has 2 aliphatic heterocycles. The highest BCUT2D eigenvalue weighted by Crippen LogP contribution is 2.39. The van der Waals surface area contributed by atoms with Gasteiger partial charge in [-0.3, -0.25) is 9.59 Å². The van der Waals surface area contributed by atoms with Crippen molar-refractivity contribution < 1.29 is 14.7 Å². The molecule has 0 radical (unpaired) electrons. The Kier molecular flexibility index (Phi) is 3.63. The second kappa shape index (κ2) is 5.31. The molecule has 2 unspecified atom stereocenters. The van der Waals surface area contributed by atoms with Crippen molar-refractivity contribution in [2.45, 2.75) is 18.6 Å². The Labute approximate surface area is 128 Å². The van der Waals surface area contributed by atoms with Crippen LogP contribution in [0.5, 0.6) is 0 Å². The van der Waals surface area contributed by atoms with Crippen LogP contribution in [0.15, 0.2) is 24.3 Å². The number of likely N-dealkylation sites (tertiary alicyclic amines) is 2. The van der Waals surface area contributed by atoms with Crippen molar-refractivity contribution in [1.29, 1.82) is 0 Å². The third-order valence-electron chi connectivity index (χ3n) is 4.27. The van der Waals surface area contributed by atoms with Gasteiger partial charge in [0.2, 0.25) is 11.8 Å². The third kappa shape index (κ3) is 2.51. The van der Waals surface area contributed by atoms with Crippen molar-refractivity contribution in [1.82, 2.24) is 9.80 Å². The molecule has 0 spiro atoms. The maximum Gasteiger partial charge on any atom is 0.228 e. The molecule has 2 saturated heterocycles. The Morgan fingerprint density at radius 3 is 2.71 bits per heavy atom. The minimum atomic E-state index is -0.437. The molecule has 2 fully saturated rings. The topological polar surface area (TPSA) is 60.9 Å². The standard InChI is InChI=1S/C15H17ClN2O3/c1-17-13(20)6-12(15(21)18-7-11(19)8-18)14(17)9-3-2-4-10(16)5-9/h2-5,11-12,14,19H,6-8H2,1H3. The summed E-state index contributed by atoms with van der Waals surface area (Å²) >= 11 is 6.02. The monoisotopic (exact) mass is 308 g/mol. The minimum Gasteiger partial charge on any atom is -0.389 e. The summed E-state index contributed by atoms with van der Waals surface area (Å²) in [5.74, 6) is -0.518. The second-order valence-corrected chi connectivity index (χ2v) is 6.15. The Morgan fingerprint density at radius 2 is 2.10 bits per heavy atom. The van der Waals surface area contributed by atoms with Crippen LogP contribution in [0.3, 0.4) is 0 Å². The number of rotatable bonds is 2. The Hall–Kier alpha value is -1.59. The van der Waals surface area contributed by atoms with E-state index >= 15 is 0 Å². The summed E-state index contributed by atoms with van der Waals surface area (Å²) in [7, 11) is 1.71. The molecule has 2 atom stereocenters. The van der Waals surface area contributed by atoms with Crippen molar-refractivity contribution >= 4 is 23.4 Å². The Morgan fingerprint density at radius 1 is 1.38 bits per heavy atom. The molecule has 0 saturated carbocycles. The largest absolute Gasteiger partial charge is 0.389 e. The highest BCUT2D eigenvalue weighted by atomic mass is 35.5. The van der Waals surface area contributed by atoms with Gasteiger partial charge in [0, 0.05) is 31.6 Å². The lowest BCUT2D eigenvalue weighted by Gasteiger charge is -2.38. The van der Waals surface area contributed by atoms with E-state index in [4.69, 9.17) is 11.6 Å². The molecular formula is C15H17ClN2O3. The molecular weight excluding hydrogens is 292 g/mol. The van der Waals surface area contributed by atoms with Crippen LogP contribution < -0.4 is 0 Å². The van der Waals surface area contributed by atoms with Crippen LogP contribution in [0.2, 0.25) is 5.02 Å². The van der Waals surface area contributed by atoms with E-state index < -0.39 is 12.0 Å². The lowest BCUT2D eigenvalue weighted by molar-refractivity contribution is -0.146. The third-order valence-corrected chi connectivity index (χ3v) is 4.50. The maximum absolute atomic E-state index is 12.5. The van der Waals surface area contributed by atoms with Gasteiger partial charge in [-0.25, -0.2) is 0 Å². The average Bonchev–Trinajstić information content (AvgIpc) is 2.71. The normalized spacial score (nSPS) is 26.1. The van der Waals surface area contributed by atoms with Crippen molar-refractivity contribution in [3.05, 3.63) is 34.9 Å². The Balaban J connectivity index is 1.88. The minimum absolute atomic E-state index is 0.0422. The van der Waals surface area contributed by atoms with Crippen molar-refractivity contribution in [2.75, 3.05) is 20.1 Å². The number of aliphatic hydroxyl groups excluding tert-OH is 1. The van der Waals surface area contributed by atoms with Gasteiger partial charge in [0.05, 0.1) is 18.1 Å². The number of β-amino-alcohol motifs (C(OH)–C–C–N with tert-alkyl or cyclic N) is 1. The van der Waals surface area contributed by atoms with E-state index in [1.807, 2.05) is 12.1 Å². The predicted molar refractivity (Wildman–Crippen MR) is 77.7 cm³/mol. The predicted octanol–water partition coefficient (Wildman–Crippen LogP) is 1.06. The number of nitrogens with zero attached hydrogens (tertiary/aromatic N) is 2. The highest BCUT2D eigenvalue weighted by molar-refractivity contribution is 6.30. The summed E-state index contributed by atoms with van der Waals surface area (Å²) in [5, 5.41) is 9.93. The van der Waals surface area contributed by atoms with Crippen LogP contribution >= 0.6 is 11.6 Å². The number of aliphatic hydroxyl groups is 1. The van der Waals surface area contributed by atoms with Crippen LogP contribution in [0.25, 0.3) is 0 Å². The van der Waals surface area contributed by atoms with Crippen LogP contribution in [0.4, 0.5) is 0 Å². The van der Waals surface area contributed by atoms with Crippen LogP contribution in [0.1, 0.15) is 18.0 Å². The first-order valence-electron chi connectivity index (χ1n) is 6.95. The molecule has 2 heterocycles. The molecule has 1 aromatic rings. The summed E-state index contributed by atoms with van der Waals surface area (Å²) in [6, 6.07) is 6.98. The fourth-order valence-corrected chi connectivity index (χ4v) is 3.31. The summed E-state index contributed by atoms with van der Waals surface area (Å²) in [6.45, 7) is 0.713. The highest BCUT2D eigenvalue weighted by Gasteiger charge is 2.46. The van der Waals surface area contributed by atoms with E-state index in [9.17, 15) is 14.7 Å². The quantitative estimate of drug-likeness (QED) is 0.889. The zero-order valence-electron chi connectivity index (χ0n) is 11.7. The van der Waals surface area contributed by atoms with Gasteiger partial charge in [0.1, 0.15) is 0 Å². The first kappa shape index (κ1) is 14.4. The molecule has 6 heteroatoms. The number of hydrogen-bond acceptors (Lipinski definition) is 3. The molecule has 0 aromatic heterocycles. The van der Waals surface area contributed by atoms with Crippen molar-refractivity contribution in [2.24, 2.45) is 5.92 Å². The van der Waals surface area contributed by atoms with Gasteiger partial charge in [-0.2, -0.15) is 0 Å². The van der Waals surface area contributed by atoms with Crippen LogP contribution in [0, 0.1) is 5.92 Å². The Bertz CT molecular complexity index is 586. The van der Waals surface area contributed by atoms with E-state index in [-0.39, 0.29) is 24.3 Å². The fraction of sp³-hybridized carbons (Fsp3) is 0.467. The molecule has 0 aliphatic carbocycles. The van der Waals surface area contributed by atoms with Crippen LogP contribution in [-0.2, 0) is 9.59 Å². The number of hydrogen-bond donors (Lipinski definition) is 1. The van der Waals surface area contributed by atoms with Crippen molar-refractivity contribution in [3.63, 3.8) is 0 Å². The average molecular weight is 309 g/mol. The lowest BCUT2D eigenvalue weighted by atomic mass is 9.91. The number of benzene rings is 1. The molecule has 0 bridgehead atoms. The van der Waals surface area contributed by atoms with E-state index in [0.717, 1.165) is 5.56 Å². The van der Waals surface area contributed by atoms with E-state index in [2.05, 4.69) is 0 Å². The summed E-state index contributed by atoms with van der Waals surface area (Å²) in [6.07, 6.45) is -0.229. The number of amides is 2. The van der Waals surface area contributed by atoms with Gasteiger partial charge in [-0.1, -0.05) is 23.7 Å². The summed E-state index contributed by atoms with van der Waals surface area (Å²) in [4.78, 5) is 27.8. The molecule has 3 rings (SSSR count). The van der Waals surface area contributed by atoms with Gasteiger partial charge < -0.3 is 14.9 Å². The van der Waals surface area contributed by atoms with E-state index in [0.29, 0.717) is 18.1 Å². The first-order chi connectivity index (χ1) is 9.97.